The molecule has 2 saturated carbocycles. The maximum Gasteiger partial charge on any atom is 0.142 e. The van der Waals surface area contributed by atoms with Gasteiger partial charge in [-0.25, -0.2) is 0 Å². The van der Waals surface area contributed by atoms with E-state index in [1.165, 1.54) is 98.9 Å². The van der Waals surface area contributed by atoms with Crippen molar-refractivity contribution in [1.29, 1.82) is 0 Å². The second kappa shape index (κ2) is 13.0. The molecule has 0 radical (unpaired) electrons. The van der Waals surface area contributed by atoms with E-state index in [1.807, 2.05) is 0 Å². The molecule has 28 heavy (non-hydrogen) atoms. The molecule has 2 saturated heterocycles. The molecule has 2 aliphatic heterocycles. The van der Waals surface area contributed by atoms with E-state index in [-0.39, 0.29) is 0 Å². The van der Waals surface area contributed by atoms with E-state index in [0.717, 1.165) is 23.9 Å². The average Bonchev–Trinajstić information content (AvgIpc) is 3.25. The van der Waals surface area contributed by atoms with Crippen LogP contribution in [0, 0.1) is 11.8 Å². The first kappa shape index (κ1) is 24.7. The molecule has 0 amide bonds. The third-order valence-electron chi connectivity index (χ3n) is 6.78. The number of fused-ring (bicyclic) bond motifs is 2. The van der Waals surface area contributed by atoms with Crippen LogP contribution in [0.15, 0.2) is 0 Å². The SMILES string of the molecule is CN1CCC2CCCCC21.CN1CCC2CCCCC21.NC(=S)SSC(N)=S. The molecule has 0 aromatic rings. The monoisotopic (exact) mass is 462 g/mol. The molecule has 4 fully saturated rings. The fourth-order valence-corrected chi connectivity index (χ4v) is 6.63. The lowest BCUT2D eigenvalue weighted by Crippen LogP contribution is -2.31. The number of hydrogen-bond donors (Lipinski definition) is 2. The van der Waals surface area contributed by atoms with Crippen LogP contribution in [0.4, 0.5) is 0 Å². The first-order valence-corrected chi connectivity index (χ1v) is 13.7. The van der Waals surface area contributed by atoms with Gasteiger partial charge in [-0.1, -0.05) is 50.1 Å². The predicted molar refractivity (Wildman–Crippen MR) is 135 cm³/mol. The van der Waals surface area contributed by atoms with Gasteiger partial charge in [0, 0.05) is 12.1 Å². The number of nitrogens with two attached hydrogens (primary N) is 2. The third-order valence-corrected chi connectivity index (χ3v) is 9.65. The Balaban J connectivity index is 0.000000152. The van der Waals surface area contributed by atoms with Gasteiger partial charge in [-0.15, -0.1) is 0 Å². The van der Waals surface area contributed by atoms with Gasteiger partial charge in [0.25, 0.3) is 0 Å². The number of thiocarbonyl (C=S) groups is 2. The highest BCUT2D eigenvalue weighted by atomic mass is 33.1. The number of rotatable bonds is 0. The molecule has 8 heteroatoms. The van der Waals surface area contributed by atoms with Crippen LogP contribution in [0.5, 0.6) is 0 Å². The third kappa shape index (κ3) is 8.26. The Bertz CT molecular complexity index is 457. The van der Waals surface area contributed by atoms with Crippen LogP contribution in [0.1, 0.15) is 64.2 Å². The largest absolute Gasteiger partial charge is 0.384 e. The lowest BCUT2D eigenvalue weighted by Gasteiger charge is -2.28. The Morgan fingerprint density at radius 1 is 0.679 bits per heavy atom. The van der Waals surface area contributed by atoms with Crippen LogP contribution < -0.4 is 11.5 Å². The van der Waals surface area contributed by atoms with Crippen LogP contribution in [-0.4, -0.2) is 57.7 Å². The van der Waals surface area contributed by atoms with Crippen LogP contribution in [0.2, 0.25) is 0 Å². The minimum Gasteiger partial charge on any atom is -0.384 e. The molecule has 4 nitrogen and oxygen atoms in total. The van der Waals surface area contributed by atoms with Gasteiger partial charge in [-0.3, -0.25) is 0 Å². The van der Waals surface area contributed by atoms with E-state index < -0.39 is 0 Å². The fourth-order valence-electron chi connectivity index (χ4n) is 5.36. The van der Waals surface area contributed by atoms with E-state index in [4.69, 9.17) is 11.5 Å². The lowest BCUT2D eigenvalue weighted by molar-refractivity contribution is 0.215. The van der Waals surface area contributed by atoms with Crippen molar-refractivity contribution >= 4 is 54.7 Å². The van der Waals surface area contributed by atoms with Crippen molar-refractivity contribution < 1.29 is 0 Å². The molecular formula is C20H38N4S4. The van der Waals surface area contributed by atoms with Crippen molar-refractivity contribution in [3.63, 3.8) is 0 Å². The summed E-state index contributed by atoms with van der Waals surface area (Å²) < 4.78 is 0.700. The van der Waals surface area contributed by atoms with Crippen LogP contribution in [0.3, 0.4) is 0 Å². The minimum absolute atomic E-state index is 0.350. The van der Waals surface area contributed by atoms with E-state index in [0.29, 0.717) is 8.64 Å². The summed E-state index contributed by atoms with van der Waals surface area (Å²) in [5.41, 5.74) is 10.2. The molecule has 0 aromatic carbocycles. The molecule has 0 spiro atoms. The summed E-state index contributed by atoms with van der Waals surface area (Å²) >= 11 is 9.04. The van der Waals surface area contributed by atoms with Gasteiger partial charge in [0.2, 0.25) is 0 Å². The maximum atomic E-state index is 5.10. The lowest BCUT2D eigenvalue weighted by atomic mass is 9.85. The summed E-state index contributed by atoms with van der Waals surface area (Å²) in [6.45, 7) is 2.71. The fraction of sp³-hybridized carbons (Fsp3) is 0.900. The molecule has 4 atom stereocenters. The summed E-state index contributed by atoms with van der Waals surface area (Å²) in [6, 6.07) is 1.93. The zero-order valence-electron chi connectivity index (χ0n) is 17.5. The molecule has 0 bridgehead atoms. The smallest absolute Gasteiger partial charge is 0.142 e. The minimum atomic E-state index is 0.350. The van der Waals surface area contributed by atoms with E-state index in [9.17, 15) is 0 Å². The topological polar surface area (TPSA) is 58.5 Å². The highest BCUT2D eigenvalue weighted by Crippen LogP contribution is 2.35. The van der Waals surface area contributed by atoms with Crippen LogP contribution in [-0.2, 0) is 0 Å². The first-order chi connectivity index (χ1) is 13.4. The summed E-state index contributed by atoms with van der Waals surface area (Å²) in [5, 5.41) is 0. The second-order valence-electron chi connectivity index (χ2n) is 8.57. The van der Waals surface area contributed by atoms with E-state index in [1.54, 1.807) is 0 Å². The Hall–Kier alpha value is 0.400. The quantitative estimate of drug-likeness (QED) is 0.400. The molecule has 4 N–H and O–H groups in total. The highest BCUT2D eigenvalue weighted by Gasteiger charge is 2.33. The Morgan fingerprint density at radius 3 is 1.36 bits per heavy atom. The van der Waals surface area contributed by atoms with Crippen molar-refractivity contribution in [3.8, 4) is 0 Å². The number of likely N-dealkylation sites (tertiary alicyclic amines) is 2. The first-order valence-electron chi connectivity index (χ1n) is 10.7. The van der Waals surface area contributed by atoms with Crippen molar-refractivity contribution in [2.75, 3.05) is 27.2 Å². The molecule has 4 unspecified atom stereocenters. The Morgan fingerprint density at radius 2 is 1.04 bits per heavy atom. The molecular weight excluding hydrogens is 425 g/mol. The van der Waals surface area contributed by atoms with E-state index >= 15 is 0 Å². The zero-order chi connectivity index (χ0) is 20.5. The maximum absolute atomic E-state index is 5.10. The van der Waals surface area contributed by atoms with Crippen molar-refractivity contribution in [2.24, 2.45) is 23.3 Å². The van der Waals surface area contributed by atoms with Crippen molar-refractivity contribution in [3.05, 3.63) is 0 Å². The Labute approximate surface area is 190 Å². The molecule has 2 aliphatic carbocycles. The van der Waals surface area contributed by atoms with Crippen molar-refractivity contribution in [1.82, 2.24) is 9.80 Å². The average molecular weight is 463 g/mol. The van der Waals surface area contributed by atoms with Gasteiger partial charge in [0.05, 0.1) is 0 Å². The summed E-state index contributed by atoms with van der Waals surface area (Å²) in [7, 11) is 6.97. The molecule has 4 rings (SSSR count). The normalized spacial score (nSPS) is 32.2. The molecule has 4 aliphatic rings. The summed E-state index contributed by atoms with van der Waals surface area (Å²) in [5.74, 6) is 2.14. The summed E-state index contributed by atoms with van der Waals surface area (Å²) in [4.78, 5) is 5.12. The van der Waals surface area contributed by atoms with Gasteiger partial charge in [0.1, 0.15) is 8.64 Å². The molecule has 162 valence electrons. The van der Waals surface area contributed by atoms with Gasteiger partial charge in [0.15, 0.2) is 0 Å². The molecule has 0 aromatic heterocycles. The predicted octanol–water partition coefficient (Wildman–Crippen LogP) is 4.62. The number of nitrogens with zero attached hydrogens (tertiary/aromatic N) is 2. The van der Waals surface area contributed by atoms with Gasteiger partial charge in [-0.2, -0.15) is 0 Å². The second-order valence-corrected chi connectivity index (χ2v) is 12.2. The standard InChI is InChI=1S/2C9H17N.C2H4N2S4/c2*1-10-7-6-8-4-2-3-5-9(8)10;3-1(5)7-8-2(4)6/h2*8-9H,2-7H2,1H3;(H2,3,5)(H2,4,6). The van der Waals surface area contributed by atoms with Crippen LogP contribution >= 0.6 is 46.0 Å². The van der Waals surface area contributed by atoms with Gasteiger partial charge in [-0.05, 0) is 99.1 Å². The van der Waals surface area contributed by atoms with Gasteiger partial charge < -0.3 is 21.3 Å². The molecule has 2 heterocycles. The zero-order valence-corrected chi connectivity index (χ0v) is 20.7. The summed E-state index contributed by atoms with van der Waals surface area (Å²) in [6.07, 6.45) is 14.9. The van der Waals surface area contributed by atoms with E-state index in [2.05, 4.69) is 48.3 Å². The highest BCUT2D eigenvalue weighted by molar-refractivity contribution is 8.89. The number of hydrogen-bond acceptors (Lipinski definition) is 6. The Kier molecular flexibility index (Phi) is 11.4. The van der Waals surface area contributed by atoms with Crippen LogP contribution in [0.25, 0.3) is 0 Å². The van der Waals surface area contributed by atoms with Gasteiger partial charge >= 0.3 is 0 Å². The van der Waals surface area contributed by atoms with Crippen molar-refractivity contribution in [2.45, 2.75) is 76.3 Å².